The van der Waals surface area contributed by atoms with Gasteiger partial charge in [-0.15, -0.1) is 15.3 Å². The maximum absolute atomic E-state index is 5.47. The molecule has 3 aromatic rings. The van der Waals surface area contributed by atoms with E-state index in [1.807, 2.05) is 18.2 Å². The smallest absolute Gasteiger partial charge is 0.205 e. The Morgan fingerprint density at radius 1 is 1.09 bits per heavy atom. The molecule has 3 heterocycles. The van der Waals surface area contributed by atoms with Crippen LogP contribution in [0.25, 0.3) is 22.5 Å². The van der Waals surface area contributed by atoms with Crippen LogP contribution in [0.5, 0.6) is 0 Å². The van der Waals surface area contributed by atoms with E-state index >= 15 is 0 Å². The van der Waals surface area contributed by atoms with Crippen LogP contribution in [0.2, 0.25) is 0 Å². The van der Waals surface area contributed by atoms with Crippen molar-refractivity contribution in [3.05, 3.63) is 66.0 Å². The van der Waals surface area contributed by atoms with E-state index in [-0.39, 0.29) is 6.17 Å². The fourth-order valence-corrected chi connectivity index (χ4v) is 4.63. The van der Waals surface area contributed by atoms with Crippen LogP contribution in [0.1, 0.15) is 25.8 Å². The van der Waals surface area contributed by atoms with E-state index in [4.69, 9.17) is 12.2 Å². The summed E-state index contributed by atoms with van der Waals surface area (Å²) in [6.45, 7) is 6.08. The van der Waals surface area contributed by atoms with Gasteiger partial charge in [0, 0.05) is 30.4 Å². The average molecular weight is 447 g/mol. The van der Waals surface area contributed by atoms with Gasteiger partial charge in [-0.1, -0.05) is 67.7 Å². The zero-order valence-electron chi connectivity index (χ0n) is 18.2. The zero-order chi connectivity index (χ0) is 22.1. The van der Waals surface area contributed by atoms with Crippen molar-refractivity contribution < 1.29 is 0 Å². The molecule has 0 amide bonds. The summed E-state index contributed by atoms with van der Waals surface area (Å²) in [7, 11) is 0. The zero-order valence-corrected chi connectivity index (χ0v) is 19.0. The number of aromatic amines is 1. The molecule has 1 aromatic heterocycles. The van der Waals surface area contributed by atoms with Crippen molar-refractivity contribution >= 4 is 17.2 Å². The molecule has 1 saturated heterocycles. The van der Waals surface area contributed by atoms with E-state index in [1.54, 1.807) is 0 Å². The highest BCUT2D eigenvalue weighted by atomic mass is 32.1. The van der Waals surface area contributed by atoms with Gasteiger partial charge in [0.15, 0.2) is 0 Å². The van der Waals surface area contributed by atoms with Crippen LogP contribution in [-0.2, 0) is 6.42 Å². The number of thiocarbonyl (C=S) groups is 1. The minimum atomic E-state index is 0.163. The Morgan fingerprint density at radius 2 is 1.88 bits per heavy atom. The van der Waals surface area contributed by atoms with Crippen LogP contribution >= 0.6 is 12.2 Å². The number of rotatable bonds is 6. The molecule has 2 aromatic carbocycles. The molecular weight excluding hydrogens is 420 g/mol. The molecule has 9 heteroatoms. The Morgan fingerprint density at radius 3 is 2.59 bits per heavy atom. The van der Waals surface area contributed by atoms with E-state index in [0.717, 1.165) is 47.6 Å². The Labute approximate surface area is 192 Å². The van der Waals surface area contributed by atoms with Crippen LogP contribution < -0.4 is 5.43 Å². The summed E-state index contributed by atoms with van der Waals surface area (Å²) >= 11 is 5.47. The molecule has 0 bridgehead atoms. The molecule has 5 rings (SSSR count). The van der Waals surface area contributed by atoms with E-state index in [0.29, 0.717) is 5.82 Å². The Balaban J connectivity index is 1.41. The molecule has 0 saturated carbocycles. The van der Waals surface area contributed by atoms with Gasteiger partial charge in [0.1, 0.15) is 11.2 Å². The third-order valence-corrected chi connectivity index (χ3v) is 6.12. The Kier molecular flexibility index (Phi) is 5.59. The van der Waals surface area contributed by atoms with Gasteiger partial charge in [-0.25, -0.2) is 0 Å². The summed E-state index contributed by atoms with van der Waals surface area (Å²) in [4.78, 5) is 3.26. The molecule has 0 spiro atoms. The van der Waals surface area contributed by atoms with Crippen molar-refractivity contribution in [1.82, 2.24) is 41.1 Å². The number of nitrogens with one attached hydrogen (secondary N) is 2. The lowest BCUT2D eigenvalue weighted by Crippen LogP contribution is -2.59. The van der Waals surface area contributed by atoms with E-state index in [1.165, 1.54) is 11.3 Å². The number of benzene rings is 2. The normalized spacial score (nSPS) is 18.5. The molecule has 1 unspecified atom stereocenters. The SMILES string of the molecule is CCCN1C=C(C)N2CC(=S)NN2C1Cc1ccc(-c2ccccc2-c2nn[nH]n2)cc1. The number of aromatic nitrogens is 4. The Bertz CT molecular complexity index is 1130. The van der Waals surface area contributed by atoms with Gasteiger partial charge in [-0.05, 0) is 35.2 Å². The standard InChI is InChI=1S/C23H26N8S/c1-3-12-29-14-16(2)30-15-21(32)26-31(30)22(29)13-17-8-10-18(11-9-17)19-6-4-5-7-20(19)23-24-27-28-25-23/h4-11,14,22H,3,12-13,15H2,1-2H3,(H,26,32)(H,24,25,27,28). The average Bonchev–Trinajstić information content (AvgIpc) is 3.47. The number of fused-ring (bicyclic) bond motifs is 1. The first kappa shape index (κ1) is 20.6. The van der Waals surface area contributed by atoms with Crippen LogP contribution in [0.15, 0.2) is 60.4 Å². The topological polar surface area (TPSA) is 76.2 Å². The summed E-state index contributed by atoms with van der Waals surface area (Å²) in [5.74, 6) is 0.598. The highest BCUT2D eigenvalue weighted by Gasteiger charge is 2.38. The largest absolute Gasteiger partial charge is 0.357 e. The molecule has 0 aliphatic carbocycles. The third kappa shape index (κ3) is 3.85. The van der Waals surface area contributed by atoms with Crippen LogP contribution in [-0.4, -0.2) is 59.9 Å². The minimum absolute atomic E-state index is 0.163. The second-order valence-corrected chi connectivity index (χ2v) is 8.60. The summed E-state index contributed by atoms with van der Waals surface area (Å²) in [6, 6.07) is 16.9. The van der Waals surface area contributed by atoms with E-state index in [2.05, 4.69) is 91.5 Å². The number of allylic oxidation sites excluding steroid dienone is 1. The minimum Gasteiger partial charge on any atom is -0.357 e. The first-order valence-electron chi connectivity index (χ1n) is 10.9. The predicted molar refractivity (Wildman–Crippen MR) is 128 cm³/mol. The van der Waals surface area contributed by atoms with Crippen molar-refractivity contribution in [1.29, 1.82) is 0 Å². The van der Waals surface area contributed by atoms with Crippen LogP contribution in [0.3, 0.4) is 0 Å². The fourth-order valence-electron chi connectivity index (χ4n) is 4.41. The van der Waals surface area contributed by atoms with Gasteiger partial charge < -0.3 is 4.90 Å². The van der Waals surface area contributed by atoms with Gasteiger partial charge in [0.25, 0.3) is 0 Å². The number of tetrazole rings is 1. The van der Waals surface area contributed by atoms with Crippen molar-refractivity contribution in [3.8, 4) is 22.5 Å². The summed E-state index contributed by atoms with van der Waals surface area (Å²) in [6.07, 6.45) is 4.39. The molecule has 1 atom stereocenters. The lowest BCUT2D eigenvalue weighted by atomic mass is 9.97. The van der Waals surface area contributed by atoms with E-state index < -0.39 is 0 Å². The molecule has 2 N–H and O–H groups in total. The monoisotopic (exact) mass is 446 g/mol. The predicted octanol–water partition coefficient (Wildman–Crippen LogP) is 3.35. The van der Waals surface area contributed by atoms with Crippen LogP contribution in [0.4, 0.5) is 0 Å². The highest BCUT2D eigenvalue weighted by Crippen LogP contribution is 2.31. The quantitative estimate of drug-likeness (QED) is 0.559. The summed E-state index contributed by atoms with van der Waals surface area (Å²) < 4.78 is 0. The number of hydrogen-bond donors (Lipinski definition) is 2. The van der Waals surface area contributed by atoms with Gasteiger partial charge in [0.2, 0.25) is 5.82 Å². The van der Waals surface area contributed by atoms with Crippen molar-refractivity contribution in [3.63, 3.8) is 0 Å². The summed E-state index contributed by atoms with van der Waals surface area (Å²) in [5.41, 5.74) is 9.03. The van der Waals surface area contributed by atoms with Crippen molar-refractivity contribution in [2.24, 2.45) is 0 Å². The van der Waals surface area contributed by atoms with Crippen LogP contribution in [0, 0.1) is 0 Å². The third-order valence-electron chi connectivity index (χ3n) is 5.90. The van der Waals surface area contributed by atoms with Crippen molar-refractivity contribution in [2.45, 2.75) is 32.9 Å². The lowest BCUT2D eigenvalue weighted by molar-refractivity contribution is -0.0939. The maximum atomic E-state index is 5.47. The maximum Gasteiger partial charge on any atom is 0.205 e. The first-order valence-corrected chi connectivity index (χ1v) is 11.3. The molecule has 2 aliphatic rings. The molecule has 2 aliphatic heterocycles. The van der Waals surface area contributed by atoms with E-state index in [9.17, 15) is 0 Å². The lowest BCUT2D eigenvalue weighted by Gasteiger charge is -2.45. The first-order chi connectivity index (χ1) is 15.6. The van der Waals surface area contributed by atoms with Crippen molar-refractivity contribution in [2.75, 3.05) is 13.1 Å². The number of hydrazine groups is 2. The molecule has 8 nitrogen and oxygen atoms in total. The molecule has 164 valence electrons. The van der Waals surface area contributed by atoms with Gasteiger partial charge >= 0.3 is 0 Å². The molecule has 1 fully saturated rings. The molecule has 32 heavy (non-hydrogen) atoms. The molecule has 0 radical (unpaired) electrons. The number of hydrogen-bond acceptors (Lipinski definition) is 7. The van der Waals surface area contributed by atoms with Gasteiger partial charge in [0.05, 0.1) is 6.54 Å². The van der Waals surface area contributed by atoms with Gasteiger partial charge in [-0.3, -0.25) is 10.4 Å². The highest BCUT2D eigenvalue weighted by molar-refractivity contribution is 7.80. The number of nitrogens with zero attached hydrogens (tertiary/aromatic N) is 6. The fraction of sp³-hybridized carbons (Fsp3) is 0.304. The summed E-state index contributed by atoms with van der Waals surface area (Å²) in [5, 5.41) is 19.0. The van der Waals surface area contributed by atoms with Gasteiger partial charge in [-0.2, -0.15) is 5.21 Å². The second kappa shape index (κ2) is 8.68. The molecular formula is C23H26N8S. The second-order valence-electron chi connectivity index (χ2n) is 8.11. The Hall–Kier alpha value is -3.30. The number of H-pyrrole nitrogens is 1.